The molecule has 8 nitrogen and oxygen atoms in total. The van der Waals surface area contributed by atoms with Gasteiger partial charge in [0.1, 0.15) is 12.4 Å². The van der Waals surface area contributed by atoms with Crippen LogP contribution >= 0.6 is 0 Å². The van der Waals surface area contributed by atoms with Gasteiger partial charge in [-0.3, -0.25) is 13.9 Å². The number of carbonyl (C=O) groups excluding carboxylic acids is 1. The van der Waals surface area contributed by atoms with Crippen molar-refractivity contribution in [1.82, 2.24) is 24.0 Å². The number of hydrogen-bond acceptors (Lipinski definition) is 5. The van der Waals surface area contributed by atoms with Crippen molar-refractivity contribution in [3.63, 3.8) is 0 Å². The Morgan fingerprint density at radius 2 is 1.71 bits per heavy atom. The largest absolute Gasteiger partial charge is 0.353 e. The molecule has 4 heterocycles. The number of imidazole rings is 1. The number of fused-ring (bicyclic) bond motifs is 1. The van der Waals surface area contributed by atoms with Crippen molar-refractivity contribution in [1.29, 1.82) is 0 Å². The summed E-state index contributed by atoms with van der Waals surface area (Å²) < 4.78 is 3.45. The number of anilines is 1. The highest BCUT2D eigenvalue weighted by Crippen LogP contribution is 2.29. The molecule has 31 heavy (non-hydrogen) atoms. The molecule has 2 aliphatic rings. The predicted octanol–water partition coefficient (Wildman–Crippen LogP) is 2.45. The first kappa shape index (κ1) is 19.8. The van der Waals surface area contributed by atoms with Crippen LogP contribution in [0, 0.1) is 0 Å². The lowest BCUT2D eigenvalue weighted by Gasteiger charge is -2.35. The van der Waals surface area contributed by atoms with Crippen molar-refractivity contribution >= 4 is 22.9 Å². The number of nitrogens with zero attached hydrogens (tertiary/aromatic N) is 6. The molecular weight excluding hydrogens is 392 g/mol. The predicted molar refractivity (Wildman–Crippen MR) is 119 cm³/mol. The molecule has 3 aromatic heterocycles. The zero-order valence-electron chi connectivity index (χ0n) is 17.7. The van der Waals surface area contributed by atoms with Crippen molar-refractivity contribution in [3.8, 4) is 0 Å². The minimum atomic E-state index is -0.110. The Bertz CT molecular complexity index is 1110. The molecule has 2 fully saturated rings. The fraction of sp³-hybridized carbons (Fsp3) is 0.478. The van der Waals surface area contributed by atoms with Crippen LogP contribution in [0.3, 0.4) is 0 Å². The van der Waals surface area contributed by atoms with Gasteiger partial charge in [0.25, 0.3) is 0 Å². The molecule has 8 heteroatoms. The Kier molecular flexibility index (Phi) is 5.44. The van der Waals surface area contributed by atoms with E-state index in [2.05, 4.69) is 14.9 Å². The summed E-state index contributed by atoms with van der Waals surface area (Å²) >= 11 is 0. The summed E-state index contributed by atoms with van der Waals surface area (Å²) in [5.74, 6) is 0.918. The molecular formula is C23H28N6O2. The summed E-state index contributed by atoms with van der Waals surface area (Å²) in [6.45, 7) is 2.80. The van der Waals surface area contributed by atoms with Crippen LogP contribution in [0.5, 0.6) is 0 Å². The van der Waals surface area contributed by atoms with Crippen LogP contribution in [-0.2, 0) is 11.3 Å². The summed E-state index contributed by atoms with van der Waals surface area (Å²) in [6, 6.07) is 9.78. The number of aromatic nitrogens is 4. The van der Waals surface area contributed by atoms with E-state index >= 15 is 0 Å². The molecule has 0 atom stereocenters. The molecule has 1 aliphatic carbocycles. The second kappa shape index (κ2) is 8.53. The van der Waals surface area contributed by atoms with E-state index in [1.165, 1.54) is 6.42 Å². The van der Waals surface area contributed by atoms with E-state index in [1.807, 2.05) is 39.8 Å². The summed E-state index contributed by atoms with van der Waals surface area (Å²) in [4.78, 5) is 39.4. The van der Waals surface area contributed by atoms with Crippen molar-refractivity contribution < 1.29 is 4.79 Å². The highest BCUT2D eigenvalue weighted by molar-refractivity contribution is 5.79. The zero-order chi connectivity index (χ0) is 21.2. The van der Waals surface area contributed by atoms with Gasteiger partial charge < -0.3 is 9.80 Å². The van der Waals surface area contributed by atoms with Gasteiger partial charge in [-0.05, 0) is 37.1 Å². The molecule has 1 amide bonds. The Balaban J connectivity index is 1.34. The average molecular weight is 421 g/mol. The topological polar surface area (TPSA) is 76.3 Å². The van der Waals surface area contributed by atoms with E-state index in [0.29, 0.717) is 18.7 Å². The van der Waals surface area contributed by atoms with E-state index in [0.717, 1.165) is 50.1 Å². The monoisotopic (exact) mass is 420 g/mol. The van der Waals surface area contributed by atoms with Crippen LogP contribution in [0.1, 0.15) is 38.1 Å². The molecule has 0 unspecified atom stereocenters. The maximum Gasteiger partial charge on any atom is 0.331 e. The van der Waals surface area contributed by atoms with E-state index in [4.69, 9.17) is 0 Å². The second-order valence-corrected chi connectivity index (χ2v) is 8.43. The maximum absolute atomic E-state index is 13.3. The molecule has 162 valence electrons. The number of hydrogen-bond donors (Lipinski definition) is 0. The van der Waals surface area contributed by atoms with Gasteiger partial charge >= 0.3 is 5.69 Å². The second-order valence-electron chi connectivity index (χ2n) is 8.43. The van der Waals surface area contributed by atoms with Gasteiger partial charge in [0.05, 0.1) is 5.52 Å². The zero-order valence-corrected chi connectivity index (χ0v) is 17.7. The van der Waals surface area contributed by atoms with Gasteiger partial charge in [-0.15, -0.1) is 0 Å². The van der Waals surface area contributed by atoms with Crippen LogP contribution in [0.2, 0.25) is 0 Å². The molecule has 1 aliphatic heterocycles. The molecule has 0 radical (unpaired) electrons. The minimum absolute atomic E-state index is 0.0191. The van der Waals surface area contributed by atoms with E-state index in [-0.39, 0.29) is 24.2 Å². The van der Waals surface area contributed by atoms with Crippen molar-refractivity contribution in [2.45, 2.75) is 44.7 Å². The van der Waals surface area contributed by atoms with Gasteiger partial charge in [-0.25, -0.2) is 14.8 Å². The normalized spacial score (nSPS) is 17.9. The smallest absolute Gasteiger partial charge is 0.331 e. The molecule has 5 rings (SSSR count). The molecule has 3 aromatic rings. The number of rotatable bonds is 4. The molecule has 0 bridgehead atoms. The minimum Gasteiger partial charge on any atom is -0.353 e. The van der Waals surface area contributed by atoms with Crippen molar-refractivity contribution in [2.24, 2.45) is 0 Å². The first-order chi connectivity index (χ1) is 15.2. The van der Waals surface area contributed by atoms with Crippen LogP contribution in [0.15, 0.2) is 47.5 Å². The Morgan fingerprint density at radius 3 is 2.45 bits per heavy atom. The lowest BCUT2D eigenvalue weighted by molar-refractivity contribution is -0.132. The van der Waals surface area contributed by atoms with Crippen molar-refractivity contribution in [3.05, 3.63) is 53.2 Å². The van der Waals surface area contributed by atoms with Gasteiger partial charge in [0.15, 0.2) is 5.65 Å². The fourth-order valence-corrected chi connectivity index (χ4v) is 4.89. The van der Waals surface area contributed by atoms with Crippen LogP contribution in [-0.4, -0.2) is 56.1 Å². The Morgan fingerprint density at radius 1 is 0.935 bits per heavy atom. The van der Waals surface area contributed by atoms with Crippen molar-refractivity contribution in [2.75, 3.05) is 31.1 Å². The van der Waals surface area contributed by atoms with Crippen LogP contribution in [0.4, 0.5) is 5.82 Å². The summed E-state index contributed by atoms with van der Waals surface area (Å²) in [6.07, 6.45) is 9.00. The third kappa shape index (κ3) is 3.82. The number of piperazine rings is 1. The lowest BCUT2D eigenvalue weighted by atomic mass is 9.95. The van der Waals surface area contributed by atoms with Gasteiger partial charge in [-0.1, -0.05) is 25.3 Å². The molecule has 0 N–H and O–H groups in total. The summed E-state index contributed by atoms with van der Waals surface area (Å²) in [7, 11) is 0. The maximum atomic E-state index is 13.3. The van der Waals surface area contributed by atoms with Gasteiger partial charge in [0, 0.05) is 44.6 Å². The molecule has 1 saturated heterocycles. The summed E-state index contributed by atoms with van der Waals surface area (Å²) in [5.41, 5.74) is 1.34. The quantitative estimate of drug-likeness (QED) is 0.648. The Labute approximate surface area is 181 Å². The SMILES string of the molecule is O=C(Cn1c(=O)n(C2CCCCC2)c2ncccc21)N1CCN(c2ccccn2)CC1. The first-order valence-electron chi connectivity index (χ1n) is 11.2. The average Bonchev–Trinajstić information content (AvgIpc) is 3.11. The third-order valence-corrected chi connectivity index (χ3v) is 6.56. The number of amides is 1. The van der Waals surface area contributed by atoms with Crippen LogP contribution in [0.25, 0.3) is 11.2 Å². The standard InChI is InChI=1S/C23H28N6O2/c30-21(27-15-13-26(14-16-27)20-10-4-5-11-24-20)17-28-19-9-6-12-25-22(19)29(23(28)31)18-7-2-1-3-8-18/h4-6,9-12,18H,1-3,7-8,13-17H2. The van der Waals surface area contributed by atoms with E-state index in [1.54, 1.807) is 17.0 Å². The highest BCUT2D eigenvalue weighted by Gasteiger charge is 2.26. The summed E-state index contributed by atoms with van der Waals surface area (Å²) in [5, 5.41) is 0. The van der Waals surface area contributed by atoms with Gasteiger partial charge in [0.2, 0.25) is 5.91 Å². The lowest BCUT2D eigenvalue weighted by Crippen LogP contribution is -2.50. The Hall–Kier alpha value is -3.16. The fourth-order valence-electron chi connectivity index (χ4n) is 4.89. The van der Waals surface area contributed by atoms with E-state index in [9.17, 15) is 9.59 Å². The van der Waals surface area contributed by atoms with E-state index < -0.39 is 0 Å². The van der Waals surface area contributed by atoms with Gasteiger partial charge in [-0.2, -0.15) is 0 Å². The number of carbonyl (C=O) groups is 1. The third-order valence-electron chi connectivity index (χ3n) is 6.56. The first-order valence-corrected chi connectivity index (χ1v) is 11.2. The van der Waals surface area contributed by atoms with Crippen LogP contribution < -0.4 is 10.6 Å². The molecule has 0 aromatic carbocycles. The molecule has 0 spiro atoms. The highest BCUT2D eigenvalue weighted by atomic mass is 16.2. The number of pyridine rings is 2. The molecule has 1 saturated carbocycles.